The Morgan fingerprint density at radius 2 is 1.62 bits per heavy atom. The molecule has 2 saturated heterocycles. The third kappa shape index (κ3) is 4.15. The van der Waals surface area contributed by atoms with E-state index in [0.29, 0.717) is 30.8 Å². The van der Waals surface area contributed by atoms with E-state index in [9.17, 15) is 14.4 Å². The fraction of sp³-hybridized carbons (Fsp3) is 0.526. The maximum Gasteiger partial charge on any atom is 0.337 e. The van der Waals surface area contributed by atoms with Gasteiger partial charge >= 0.3 is 18.0 Å². The van der Waals surface area contributed by atoms with Crippen LogP contribution in [0, 0.1) is 5.92 Å². The monoisotopic (exact) mass is 360 g/mol. The number of ether oxygens (including phenoxy) is 2. The van der Waals surface area contributed by atoms with Crippen molar-refractivity contribution in [2.75, 3.05) is 33.3 Å². The first kappa shape index (κ1) is 18.2. The van der Waals surface area contributed by atoms with E-state index in [1.54, 1.807) is 29.2 Å². The highest BCUT2D eigenvalue weighted by Gasteiger charge is 2.32. The number of piperidine rings is 1. The molecule has 0 saturated carbocycles. The minimum atomic E-state index is -0.439. The summed E-state index contributed by atoms with van der Waals surface area (Å²) in [5.41, 5.74) is 0.396. The Morgan fingerprint density at radius 3 is 2.27 bits per heavy atom. The molecule has 0 radical (unpaired) electrons. The van der Waals surface area contributed by atoms with Crippen LogP contribution in [-0.2, 0) is 9.53 Å². The Labute approximate surface area is 152 Å². The van der Waals surface area contributed by atoms with E-state index >= 15 is 0 Å². The zero-order chi connectivity index (χ0) is 18.5. The van der Waals surface area contributed by atoms with Crippen LogP contribution in [-0.4, -0.2) is 61.1 Å². The van der Waals surface area contributed by atoms with Crippen LogP contribution in [0.25, 0.3) is 0 Å². The lowest BCUT2D eigenvalue weighted by atomic mass is 9.98. The lowest BCUT2D eigenvalue weighted by Crippen LogP contribution is -2.48. The van der Waals surface area contributed by atoms with Gasteiger partial charge in [-0.15, -0.1) is 0 Å². The molecule has 0 bridgehead atoms. The number of urea groups is 1. The smallest absolute Gasteiger partial charge is 0.337 e. The number of hydrogen-bond acceptors (Lipinski definition) is 5. The average molecular weight is 360 g/mol. The van der Waals surface area contributed by atoms with Crippen LogP contribution in [0.2, 0.25) is 0 Å². The zero-order valence-corrected chi connectivity index (χ0v) is 15.0. The number of nitrogens with zero attached hydrogens (tertiary/aromatic N) is 2. The van der Waals surface area contributed by atoms with Gasteiger partial charge in [0.15, 0.2) is 0 Å². The summed E-state index contributed by atoms with van der Waals surface area (Å²) in [6, 6.07) is 6.28. The van der Waals surface area contributed by atoms with Crippen molar-refractivity contribution >= 4 is 18.0 Å². The van der Waals surface area contributed by atoms with Gasteiger partial charge in [-0.3, -0.25) is 4.79 Å². The van der Waals surface area contributed by atoms with Gasteiger partial charge in [0.25, 0.3) is 0 Å². The van der Waals surface area contributed by atoms with E-state index < -0.39 is 5.97 Å². The molecule has 7 heteroatoms. The number of amides is 2. The maximum atomic E-state index is 12.5. The molecule has 2 amide bonds. The van der Waals surface area contributed by atoms with Gasteiger partial charge in [-0.2, -0.15) is 0 Å². The van der Waals surface area contributed by atoms with E-state index in [2.05, 4.69) is 4.74 Å². The van der Waals surface area contributed by atoms with Gasteiger partial charge in [0, 0.05) is 26.2 Å². The first-order valence-corrected chi connectivity index (χ1v) is 9.02. The van der Waals surface area contributed by atoms with E-state index in [1.807, 2.05) is 4.90 Å². The Morgan fingerprint density at radius 1 is 0.962 bits per heavy atom. The van der Waals surface area contributed by atoms with Crippen molar-refractivity contribution < 1.29 is 23.9 Å². The summed E-state index contributed by atoms with van der Waals surface area (Å²) >= 11 is 0. The molecule has 1 aromatic rings. The number of hydrogen-bond donors (Lipinski definition) is 0. The van der Waals surface area contributed by atoms with Crippen molar-refractivity contribution in [2.45, 2.75) is 25.7 Å². The average Bonchev–Trinajstić information content (AvgIpc) is 3.22. The summed E-state index contributed by atoms with van der Waals surface area (Å²) in [5, 5.41) is 0. The quantitative estimate of drug-likeness (QED) is 0.611. The summed E-state index contributed by atoms with van der Waals surface area (Å²) < 4.78 is 10.1. The maximum absolute atomic E-state index is 12.5. The molecule has 0 aromatic heterocycles. The largest absolute Gasteiger partial charge is 0.465 e. The molecule has 0 aliphatic carbocycles. The van der Waals surface area contributed by atoms with Gasteiger partial charge < -0.3 is 19.3 Å². The molecule has 7 nitrogen and oxygen atoms in total. The number of methoxy groups -OCH3 is 1. The van der Waals surface area contributed by atoms with Crippen molar-refractivity contribution in [3.8, 4) is 5.75 Å². The Balaban J connectivity index is 1.57. The van der Waals surface area contributed by atoms with Gasteiger partial charge in [-0.25, -0.2) is 9.59 Å². The number of carbonyl (C=O) groups is 3. The van der Waals surface area contributed by atoms with Crippen molar-refractivity contribution in [3.05, 3.63) is 29.8 Å². The second kappa shape index (κ2) is 8.21. The first-order valence-electron chi connectivity index (χ1n) is 9.02. The van der Waals surface area contributed by atoms with Crippen molar-refractivity contribution in [2.24, 2.45) is 5.92 Å². The van der Waals surface area contributed by atoms with Crippen molar-refractivity contribution in [3.63, 3.8) is 0 Å². The third-order valence-electron chi connectivity index (χ3n) is 4.90. The van der Waals surface area contributed by atoms with Gasteiger partial charge in [-0.05, 0) is 49.9 Å². The molecular formula is C19H24N2O5. The molecule has 0 unspecified atom stereocenters. The lowest BCUT2D eigenvalue weighted by Gasteiger charge is -2.34. The number of esters is 2. The fourth-order valence-electron chi connectivity index (χ4n) is 3.43. The summed E-state index contributed by atoms with van der Waals surface area (Å²) in [4.78, 5) is 40.0. The van der Waals surface area contributed by atoms with Crippen molar-refractivity contribution in [1.29, 1.82) is 0 Å². The molecule has 1 aromatic carbocycles. The highest BCUT2D eigenvalue weighted by atomic mass is 16.5. The number of carbonyl (C=O) groups excluding carboxylic acids is 3. The Hall–Kier alpha value is -2.57. The van der Waals surface area contributed by atoms with E-state index in [-0.39, 0.29) is 17.9 Å². The molecular weight excluding hydrogens is 336 g/mol. The lowest BCUT2D eigenvalue weighted by molar-refractivity contribution is -0.140. The molecule has 0 spiro atoms. The summed E-state index contributed by atoms with van der Waals surface area (Å²) in [6.45, 7) is 2.69. The molecule has 0 N–H and O–H groups in total. The van der Waals surface area contributed by atoms with E-state index in [1.165, 1.54) is 7.11 Å². The third-order valence-corrected chi connectivity index (χ3v) is 4.90. The SMILES string of the molecule is COC(=O)c1ccc(OC(=O)[C@H]2CCCN(C(=O)N3CCCC3)C2)cc1. The fourth-order valence-corrected chi connectivity index (χ4v) is 3.43. The highest BCUT2D eigenvalue weighted by molar-refractivity contribution is 5.89. The Bertz CT molecular complexity index is 667. The molecule has 140 valence electrons. The van der Waals surface area contributed by atoms with Crippen LogP contribution in [0.15, 0.2) is 24.3 Å². The molecule has 2 aliphatic rings. The second-order valence-corrected chi connectivity index (χ2v) is 6.70. The summed E-state index contributed by atoms with van der Waals surface area (Å²) in [7, 11) is 1.31. The van der Waals surface area contributed by atoms with Crippen LogP contribution in [0.3, 0.4) is 0 Å². The van der Waals surface area contributed by atoms with Crippen LogP contribution < -0.4 is 4.74 Å². The zero-order valence-electron chi connectivity index (χ0n) is 15.0. The van der Waals surface area contributed by atoms with E-state index in [0.717, 1.165) is 32.4 Å². The van der Waals surface area contributed by atoms with Crippen LogP contribution in [0.5, 0.6) is 5.75 Å². The molecule has 2 heterocycles. The van der Waals surface area contributed by atoms with Crippen LogP contribution in [0.4, 0.5) is 4.79 Å². The highest BCUT2D eigenvalue weighted by Crippen LogP contribution is 2.22. The number of benzene rings is 1. The Kier molecular flexibility index (Phi) is 5.75. The van der Waals surface area contributed by atoms with Crippen molar-refractivity contribution in [1.82, 2.24) is 9.80 Å². The molecule has 2 fully saturated rings. The normalized spacial score (nSPS) is 20.0. The predicted octanol–water partition coefficient (Wildman–Crippen LogP) is 2.31. The standard InChI is InChI=1S/C19H24N2O5/c1-25-17(22)14-6-8-16(9-7-14)26-18(23)15-5-4-12-21(13-15)19(24)20-10-2-3-11-20/h6-9,15H,2-5,10-13H2,1H3/t15-/m0/s1. The van der Waals surface area contributed by atoms with Crippen LogP contribution in [0.1, 0.15) is 36.0 Å². The minimum absolute atomic E-state index is 0.0300. The molecule has 26 heavy (non-hydrogen) atoms. The van der Waals surface area contributed by atoms with Gasteiger partial charge in [-0.1, -0.05) is 0 Å². The van der Waals surface area contributed by atoms with Gasteiger partial charge in [0.05, 0.1) is 18.6 Å². The first-order chi connectivity index (χ1) is 12.6. The molecule has 3 rings (SSSR count). The topological polar surface area (TPSA) is 76.1 Å². The van der Waals surface area contributed by atoms with E-state index in [4.69, 9.17) is 4.74 Å². The van der Waals surface area contributed by atoms with Crippen LogP contribution >= 0.6 is 0 Å². The summed E-state index contributed by atoms with van der Waals surface area (Å²) in [6.07, 6.45) is 3.60. The second-order valence-electron chi connectivity index (χ2n) is 6.70. The molecule has 1 atom stereocenters. The summed E-state index contributed by atoms with van der Waals surface area (Å²) in [5.74, 6) is -0.720. The van der Waals surface area contributed by atoms with Gasteiger partial charge in [0.1, 0.15) is 5.75 Å². The minimum Gasteiger partial charge on any atom is -0.465 e. The number of rotatable bonds is 3. The number of likely N-dealkylation sites (tertiary alicyclic amines) is 2. The molecule has 2 aliphatic heterocycles. The van der Waals surface area contributed by atoms with Gasteiger partial charge in [0.2, 0.25) is 0 Å². The predicted molar refractivity (Wildman–Crippen MR) is 93.9 cm³/mol.